The van der Waals surface area contributed by atoms with Gasteiger partial charge in [0.1, 0.15) is 0 Å². The third-order valence-corrected chi connectivity index (χ3v) is 6.90. The summed E-state index contributed by atoms with van der Waals surface area (Å²) in [6.07, 6.45) is -1.30. The lowest BCUT2D eigenvalue weighted by molar-refractivity contribution is -0.242. The molecule has 3 N–H and O–H groups in total. The molecule has 2 aromatic rings. The first kappa shape index (κ1) is 26.3. The van der Waals surface area contributed by atoms with E-state index < -0.39 is 27.7 Å². The zero-order valence-electron chi connectivity index (χ0n) is 17.2. The van der Waals surface area contributed by atoms with Crippen LogP contribution in [0.3, 0.4) is 0 Å². The molecule has 12 heteroatoms. The molecule has 0 unspecified atom stereocenters. The van der Waals surface area contributed by atoms with Crippen molar-refractivity contribution in [2.75, 3.05) is 22.0 Å². The molecule has 2 rings (SSSR count). The Bertz CT molecular complexity index is 1060. The molecule has 0 aliphatic rings. The van der Waals surface area contributed by atoms with E-state index >= 15 is 0 Å². The quantitative estimate of drug-likeness (QED) is 0.425. The lowest BCUT2D eigenvalue weighted by Gasteiger charge is -2.25. The van der Waals surface area contributed by atoms with Crippen molar-refractivity contribution < 1.29 is 31.5 Å². The van der Waals surface area contributed by atoms with E-state index in [9.17, 15) is 31.5 Å². The van der Waals surface area contributed by atoms with Crippen LogP contribution >= 0.6 is 23.4 Å². The minimum absolute atomic E-state index is 0.257. The Hall–Kier alpha value is -1.95. The van der Waals surface area contributed by atoms with Gasteiger partial charge in [0.25, 0.3) is 15.9 Å². The van der Waals surface area contributed by atoms with Crippen molar-refractivity contribution in [1.29, 1.82) is 0 Å². The van der Waals surface area contributed by atoms with Crippen LogP contribution in [0.2, 0.25) is 5.02 Å². The molecular weight excluding hydrogens is 489 g/mol. The summed E-state index contributed by atoms with van der Waals surface area (Å²) in [5.74, 6) is -0.724. The highest BCUT2D eigenvalue weighted by Crippen LogP contribution is 2.33. The summed E-state index contributed by atoms with van der Waals surface area (Å²) < 4.78 is 66.0. The number of benzene rings is 2. The molecule has 1 atom stereocenters. The van der Waals surface area contributed by atoms with Gasteiger partial charge in [-0.25, -0.2) is 8.42 Å². The standard InChI is InChI=1S/C20H22ClF3N2O4S2/c1-19(28,20(22,23)24)18(27)25-17-10-9-15(12-16(17)21)32(29,30)26-14-7-5-13(6-8-14)4-3-11-31-2/h5-10,12,26,28H,3-4,11H2,1-2H3,(H,25,27)/t19-/m1/s1. The summed E-state index contributed by atoms with van der Waals surface area (Å²) in [6.45, 7) is 0.299. The zero-order valence-corrected chi connectivity index (χ0v) is 19.6. The first-order chi connectivity index (χ1) is 14.8. The van der Waals surface area contributed by atoms with Crippen LogP contribution in [-0.2, 0) is 21.2 Å². The lowest BCUT2D eigenvalue weighted by Crippen LogP contribution is -2.52. The van der Waals surface area contributed by atoms with Crippen molar-refractivity contribution in [3.8, 4) is 0 Å². The summed E-state index contributed by atoms with van der Waals surface area (Å²) in [5, 5.41) is 11.0. The van der Waals surface area contributed by atoms with E-state index in [2.05, 4.69) is 4.72 Å². The predicted molar refractivity (Wildman–Crippen MR) is 121 cm³/mol. The van der Waals surface area contributed by atoms with Gasteiger partial charge in [-0.05, 0) is 67.7 Å². The maximum Gasteiger partial charge on any atom is 0.426 e. The van der Waals surface area contributed by atoms with Gasteiger partial charge in [0.2, 0.25) is 5.60 Å². The highest BCUT2D eigenvalue weighted by atomic mass is 35.5. The van der Waals surface area contributed by atoms with Gasteiger partial charge in [0, 0.05) is 5.69 Å². The number of carbonyl (C=O) groups excluding carboxylic acids is 1. The number of halogens is 4. The number of hydrogen-bond acceptors (Lipinski definition) is 5. The Kier molecular flexibility index (Phi) is 8.49. The van der Waals surface area contributed by atoms with Crippen molar-refractivity contribution in [2.45, 2.75) is 36.4 Å². The minimum atomic E-state index is -5.21. The van der Waals surface area contributed by atoms with Gasteiger partial charge >= 0.3 is 6.18 Å². The number of alkyl halides is 3. The predicted octanol–water partition coefficient (Wildman–Crippen LogP) is 4.69. The molecule has 0 aliphatic heterocycles. The minimum Gasteiger partial charge on any atom is -0.373 e. The number of rotatable bonds is 9. The Labute approximate surface area is 193 Å². The van der Waals surface area contributed by atoms with Gasteiger partial charge in [-0.3, -0.25) is 9.52 Å². The molecular formula is C20H22ClF3N2O4S2. The molecule has 0 saturated carbocycles. The Morgan fingerprint density at radius 3 is 2.31 bits per heavy atom. The van der Waals surface area contributed by atoms with E-state index in [0.717, 1.165) is 42.4 Å². The SMILES string of the molecule is CSCCCc1ccc(NS(=O)(=O)c2ccc(NC(=O)[C@@](C)(O)C(F)(F)F)c(Cl)c2)cc1. The first-order valence-corrected chi connectivity index (χ1v) is 12.5. The van der Waals surface area contributed by atoms with Crippen molar-refractivity contribution in [1.82, 2.24) is 0 Å². The van der Waals surface area contributed by atoms with E-state index in [1.54, 1.807) is 23.9 Å². The fourth-order valence-corrected chi connectivity index (χ4v) is 4.32. The maximum atomic E-state index is 12.8. The second-order valence-corrected chi connectivity index (χ2v) is 10.1. The second-order valence-electron chi connectivity index (χ2n) is 7.06. The molecule has 0 saturated heterocycles. The molecule has 0 fully saturated rings. The van der Waals surface area contributed by atoms with E-state index in [1.807, 2.05) is 23.7 Å². The van der Waals surface area contributed by atoms with Crippen LogP contribution in [-0.4, -0.2) is 43.2 Å². The molecule has 32 heavy (non-hydrogen) atoms. The molecule has 1 amide bonds. The Balaban J connectivity index is 2.13. The second kappa shape index (κ2) is 10.3. The highest BCUT2D eigenvalue weighted by molar-refractivity contribution is 7.98. The van der Waals surface area contributed by atoms with E-state index in [-0.39, 0.29) is 15.6 Å². The molecule has 2 aromatic carbocycles. The van der Waals surface area contributed by atoms with Crippen LogP contribution in [0.4, 0.5) is 24.5 Å². The molecule has 6 nitrogen and oxygen atoms in total. The fraction of sp³-hybridized carbons (Fsp3) is 0.350. The van der Waals surface area contributed by atoms with E-state index in [1.165, 1.54) is 0 Å². The third kappa shape index (κ3) is 6.53. The number of anilines is 2. The molecule has 0 radical (unpaired) electrons. The molecule has 0 spiro atoms. The summed E-state index contributed by atoms with van der Waals surface area (Å²) in [7, 11) is -4.05. The van der Waals surface area contributed by atoms with Crippen LogP contribution in [0.1, 0.15) is 18.9 Å². The van der Waals surface area contributed by atoms with Gasteiger partial charge in [-0.1, -0.05) is 23.7 Å². The highest BCUT2D eigenvalue weighted by Gasteiger charge is 2.55. The average Bonchev–Trinajstić information content (AvgIpc) is 2.69. The monoisotopic (exact) mass is 510 g/mol. The van der Waals surface area contributed by atoms with Crippen LogP contribution in [0, 0.1) is 0 Å². The maximum absolute atomic E-state index is 12.8. The molecule has 0 aliphatic carbocycles. The topological polar surface area (TPSA) is 95.5 Å². The van der Waals surface area contributed by atoms with Crippen molar-refractivity contribution >= 4 is 50.7 Å². The van der Waals surface area contributed by atoms with Crippen LogP contribution < -0.4 is 10.0 Å². The molecule has 176 valence electrons. The van der Waals surface area contributed by atoms with Gasteiger partial charge in [-0.2, -0.15) is 24.9 Å². The van der Waals surface area contributed by atoms with Crippen molar-refractivity contribution in [2.24, 2.45) is 0 Å². The largest absolute Gasteiger partial charge is 0.426 e. The summed E-state index contributed by atoms with van der Waals surface area (Å²) in [6, 6.07) is 9.98. The number of aliphatic hydroxyl groups is 1. The number of amides is 1. The van der Waals surface area contributed by atoms with Gasteiger partial charge < -0.3 is 10.4 Å². The summed E-state index contributed by atoms with van der Waals surface area (Å²) >= 11 is 7.71. The fourth-order valence-electron chi connectivity index (χ4n) is 2.51. The molecule has 0 bridgehead atoms. The van der Waals surface area contributed by atoms with Gasteiger partial charge in [0.05, 0.1) is 15.6 Å². The third-order valence-electron chi connectivity index (χ3n) is 4.51. The summed E-state index contributed by atoms with van der Waals surface area (Å²) in [5.41, 5.74) is -2.53. The van der Waals surface area contributed by atoms with E-state index in [0.29, 0.717) is 12.6 Å². The average molecular weight is 511 g/mol. The van der Waals surface area contributed by atoms with Crippen LogP contribution in [0.5, 0.6) is 0 Å². The number of carbonyl (C=O) groups is 1. The van der Waals surface area contributed by atoms with Gasteiger partial charge in [0.15, 0.2) is 0 Å². The summed E-state index contributed by atoms with van der Waals surface area (Å²) in [4.78, 5) is 11.5. The number of sulfonamides is 1. The molecule has 0 heterocycles. The van der Waals surface area contributed by atoms with Crippen molar-refractivity contribution in [3.63, 3.8) is 0 Å². The number of thioether (sulfide) groups is 1. The Morgan fingerprint density at radius 1 is 1.16 bits per heavy atom. The smallest absolute Gasteiger partial charge is 0.373 e. The number of nitrogens with one attached hydrogen (secondary N) is 2. The number of hydrogen-bond donors (Lipinski definition) is 3. The van der Waals surface area contributed by atoms with Crippen LogP contribution in [0.25, 0.3) is 0 Å². The number of aryl methyl sites for hydroxylation is 1. The van der Waals surface area contributed by atoms with Crippen molar-refractivity contribution in [3.05, 3.63) is 53.1 Å². The Morgan fingerprint density at radius 2 is 1.78 bits per heavy atom. The normalized spacial score (nSPS) is 14.0. The lowest BCUT2D eigenvalue weighted by atomic mass is 10.1. The first-order valence-electron chi connectivity index (χ1n) is 9.29. The van der Waals surface area contributed by atoms with Gasteiger partial charge in [-0.15, -0.1) is 0 Å². The van der Waals surface area contributed by atoms with Crippen LogP contribution in [0.15, 0.2) is 47.4 Å². The molecule has 0 aromatic heterocycles. The van der Waals surface area contributed by atoms with E-state index in [4.69, 9.17) is 11.6 Å². The zero-order chi connectivity index (χ0) is 24.2.